The molecule has 1 atom stereocenters. The first-order chi connectivity index (χ1) is 15.5. The lowest BCUT2D eigenvalue weighted by Crippen LogP contribution is -2.41. The Morgan fingerprint density at radius 3 is 2.47 bits per heavy atom. The van der Waals surface area contributed by atoms with Crippen molar-refractivity contribution in [3.63, 3.8) is 0 Å². The van der Waals surface area contributed by atoms with Crippen molar-refractivity contribution in [1.82, 2.24) is 5.32 Å². The van der Waals surface area contributed by atoms with Gasteiger partial charge in [0.05, 0.1) is 5.69 Å². The van der Waals surface area contributed by atoms with E-state index in [9.17, 15) is 9.59 Å². The van der Waals surface area contributed by atoms with Gasteiger partial charge in [-0.3, -0.25) is 9.69 Å². The molecule has 164 valence electrons. The number of nitrogens with one attached hydrogen (secondary N) is 2. The zero-order chi connectivity index (χ0) is 22.5. The average molecular weight is 446 g/mol. The molecule has 3 amide bonds. The summed E-state index contributed by atoms with van der Waals surface area (Å²) in [5.74, 6) is -0.120. The van der Waals surface area contributed by atoms with E-state index in [-0.39, 0.29) is 11.9 Å². The highest BCUT2D eigenvalue weighted by molar-refractivity contribution is 8.00. The molecular formula is C26H27N3O2S. The molecule has 1 aliphatic rings. The summed E-state index contributed by atoms with van der Waals surface area (Å²) in [6.45, 7) is 5.40. The molecule has 0 fully saturated rings. The largest absolute Gasteiger partial charge is 0.352 e. The number of anilines is 2. The number of hydrogen-bond donors (Lipinski definition) is 2. The van der Waals surface area contributed by atoms with Crippen LogP contribution in [0.4, 0.5) is 16.2 Å². The van der Waals surface area contributed by atoms with Crippen molar-refractivity contribution in [2.45, 2.75) is 30.4 Å². The lowest BCUT2D eigenvalue weighted by atomic mass is 10.1. The topological polar surface area (TPSA) is 61.4 Å². The number of amides is 3. The van der Waals surface area contributed by atoms with Crippen molar-refractivity contribution >= 4 is 35.1 Å². The van der Waals surface area contributed by atoms with E-state index >= 15 is 0 Å². The molecule has 0 bridgehead atoms. The highest BCUT2D eigenvalue weighted by Gasteiger charge is 2.26. The Morgan fingerprint density at radius 1 is 1.00 bits per heavy atom. The average Bonchev–Trinajstić information content (AvgIpc) is 2.80. The Bertz CT molecular complexity index is 1100. The number of carbonyl (C=O) groups excluding carboxylic acids is 2. The fourth-order valence-electron chi connectivity index (χ4n) is 3.65. The maximum atomic E-state index is 12.9. The van der Waals surface area contributed by atoms with Crippen molar-refractivity contribution < 1.29 is 9.59 Å². The number of fused-ring (bicyclic) bond motifs is 1. The van der Waals surface area contributed by atoms with Crippen LogP contribution in [0.2, 0.25) is 0 Å². The molecule has 0 unspecified atom stereocenters. The lowest BCUT2D eigenvalue weighted by Gasteiger charge is -2.32. The van der Waals surface area contributed by atoms with Gasteiger partial charge in [0.1, 0.15) is 0 Å². The number of benzene rings is 3. The van der Waals surface area contributed by atoms with Gasteiger partial charge in [0, 0.05) is 34.5 Å². The third-order valence-corrected chi connectivity index (χ3v) is 6.54. The molecule has 5 nitrogen and oxygen atoms in total. The van der Waals surface area contributed by atoms with Crippen LogP contribution in [0.5, 0.6) is 0 Å². The van der Waals surface area contributed by atoms with Crippen LogP contribution >= 0.6 is 11.8 Å². The van der Waals surface area contributed by atoms with Gasteiger partial charge in [-0.15, -0.1) is 11.8 Å². The van der Waals surface area contributed by atoms with Gasteiger partial charge in [0.25, 0.3) is 5.91 Å². The van der Waals surface area contributed by atoms with Crippen LogP contribution in [0.1, 0.15) is 28.4 Å². The standard InChI is InChI=1S/C26H27N3O2S/c1-18-7-9-20(10-8-18)15-16-27-25(30)21-11-13-22(14-12-21)28-26(31)29-17-19(2)32-24-6-4-3-5-23(24)29/h3-14,19H,15-17H2,1-2H3,(H,27,30)(H,28,31)/t19-/m1/s1. The minimum Gasteiger partial charge on any atom is -0.352 e. The Morgan fingerprint density at radius 2 is 1.72 bits per heavy atom. The van der Waals surface area contributed by atoms with Gasteiger partial charge in [0.2, 0.25) is 0 Å². The number of aryl methyl sites for hydroxylation is 1. The first-order valence-electron chi connectivity index (χ1n) is 10.8. The van der Waals surface area contributed by atoms with E-state index in [4.69, 9.17) is 0 Å². The van der Waals surface area contributed by atoms with Crippen molar-refractivity contribution in [1.29, 1.82) is 0 Å². The quantitative estimate of drug-likeness (QED) is 0.545. The second kappa shape index (κ2) is 9.92. The normalized spacial score (nSPS) is 15.1. The summed E-state index contributed by atoms with van der Waals surface area (Å²) in [4.78, 5) is 28.2. The van der Waals surface area contributed by atoms with Gasteiger partial charge in [-0.2, -0.15) is 0 Å². The number of hydrogen-bond acceptors (Lipinski definition) is 3. The van der Waals surface area contributed by atoms with Gasteiger partial charge in [-0.1, -0.05) is 48.9 Å². The maximum absolute atomic E-state index is 12.9. The number of nitrogens with zero attached hydrogens (tertiary/aromatic N) is 1. The van der Waals surface area contributed by atoms with E-state index in [0.29, 0.717) is 29.6 Å². The van der Waals surface area contributed by atoms with Crippen LogP contribution in [0.25, 0.3) is 0 Å². The summed E-state index contributed by atoms with van der Waals surface area (Å²) in [5.41, 5.74) is 4.58. The molecule has 4 rings (SSSR count). The third kappa shape index (κ3) is 5.32. The van der Waals surface area contributed by atoms with Gasteiger partial charge in [0.15, 0.2) is 0 Å². The Balaban J connectivity index is 1.33. The molecular weight excluding hydrogens is 418 g/mol. The molecule has 3 aromatic rings. The van der Waals surface area contributed by atoms with E-state index in [1.165, 1.54) is 11.1 Å². The van der Waals surface area contributed by atoms with Crippen LogP contribution < -0.4 is 15.5 Å². The predicted molar refractivity (Wildman–Crippen MR) is 132 cm³/mol. The first kappa shape index (κ1) is 22.0. The zero-order valence-corrected chi connectivity index (χ0v) is 19.1. The Hall–Kier alpha value is -3.25. The van der Waals surface area contributed by atoms with Gasteiger partial charge < -0.3 is 10.6 Å². The van der Waals surface area contributed by atoms with E-state index in [0.717, 1.165) is 17.0 Å². The van der Waals surface area contributed by atoms with Gasteiger partial charge in [-0.05, 0) is 55.3 Å². The molecule has 0 saturated carbocycles. The molecule has 1 heterocycles. The molecule has 6 heteroatoms. The molecule has 32 heavy (non-hydrogen) atoms. The summed E-state index contributed by atoms with van der Waals surface area (Å²) in [6.07, 6.45) is 0.786. The van der Waals surface area contributed by atoms with Gasteiger partial charge >= 0.3 is 6.03 Å². The summed E-state index contributed by atoms with van der Waals surface area (Å²) in [5, 5.41) is 6.23. The monoisotopic (exact) mass is 445 g/mol. The third-order valence-electron chi connectivity index (χ3n) is 5.39. The van der Waals surface area contributed by atoms with E-state index in [1.807, 2.05) is 24.3 Å². The van der Waals surface area contributed by atoms with Crippen LogP contribution in [0.3, 0.4) is 0 Å². The Kier molecular flexibility index (Phi) is 6.81. The summed E-state index contributed by atoms with van der Waals surface area (Å²) in [6, 6.07) is 23.1. The summed E-state index contributed by atoms with van der Waals surface area (Å²) < 4.78 is 0. The van der Waals surface area contributed by atoms with Crippen molar-refractivity contribution in [3.05, 3.63) is 89.5 Å². The molecule has 0 spiro atoms. The smallest absolute Gasteiger partial charge is 0.326 e. The number of thioether (sulfide) groups is 1. The minimum absolute atomic E-state index is 0.120. The van der Waals surface area contributed by atoms with Crippen LogP contribution in [-0.2, 0) is 6.42 Å². The molecule has 0 saturated heterocycles. The van der Waals surface area contributed by atoms with Crippen LogP contribution in [0.15, 0.2) is 77.7 Å². The molecule has 1 aliphatic heterocycles. The summed E-state index contributed by atoms with van der Waals surface area (Å²) >= 11 is 1.78. The number of para-hydroxylation sites is 1. The lowest BCUT2D eigenvalue weighted by molar-refractivity contribution is 0.0954. The number of urea groups is 1. The SMILES string of the molecule is Cc1ccc(CCNC(=O)c2ccc(NC(=O)N3C[C@@H](C)Sc4ccccc43)cc2)cc1. The first-order valence-corrected chi connectivity index (χ1v) is 11.7. The van der Waals surface area contributed by atoms with Crippen LogP contribution in [0, 0.1) is 6.92 Å². The second-order valence-electron chi connectivity index (χ2n) is 8.01. The molecule has 2 N–H and O–H groups in total. The van der Waals surface area contributed by atoms with Gasteiger partial charge in [-0.25, -0.2) is 4.79 Å². The fraction of sp³-hybridized carbons (Fsp3) is 0.231. The van der Waals surface area contributed by atoms with Crippen molar-refractivity contribution in [2.75, 3.05) is 23.3 Å². The number of carbonyl (C=O) groups is 2. The fourth-order valence-corrected chi connectivity index (χ4v) is 4.77. The molecule has 0 radical (unpaired) electrons. The predicted octanol–water partition coefficient (Wildman–Crippen LogP) is 5.50. The molecule has 0 aliphatic carbocycles. The van der Waals surface area contributed by atoms with Crippen molar-refractivity contribution in [3.8, 4) is 0 Å². The van der Waals surface area contributed by atoms with Crippen LogP contribution in [-0.4, -0.2) is 30.3 Å². The Labute approximate surface area is 193 Å². The maximum Gasteiger partial charge on any atom is 0.326 e. The van der Waals surface area contributed by atoms with Crippen molar-refractivity contribution in [2.24, 2.45) is 0 Å². The number of rotatable bonds is 5. The van der Waals surface area contributed by atoms with E-state index in [2.05, 4.69) is 48.7 Å². The summed E-state index contributed by atoms with van der Waals surface area (Å²) in [7, 11) is 0. The van der Waals surface area contributed by atoms with E-state index < -0.39 is 0 Å². The highest BCUT2D eigenvalue weighted by Crippen LogP contribution is 2.38. The molecule has 0 aromatic heterocycles. The van der Waals surface area contributed by atoms with E-state index in [1.54, 1.807) is 40.9 Å². The minimum atomic E-state index is -0.167. The second-order valence-corrected chi connectivity index (χ2v) is 9.49. The molecule has 3 aromatic carbocycles. The highest BCUT2D eigenvalue weighted by atomic mass is 32.2. The zero-order valence-electron chi connectivity index (χ0n) is 18.3.